The van der Waals surface area contributed by atoms with Gasteiger partial charge in [-0.25, -0.2) is 14.8 Å². The molecule has 7 N–H and O–H groups in total. The van der Waals surface area contributed by atoms with Crippen LogP contribution in [0, 0.1) is 0 Å². The number of nitrogens with two attached hydrogens (primary N) is 2. The number of imidazole rings is 2. The second-order valence-electron chi connectivity index (χ2n) is 11.3. The smallest absolute Gasteiger partial charge is 0.406 e. The van der Waals surface area contributed by atoms with Crippen molar-refractivity contribution in [2.75, 3.05) is 20.2 Å². The van der Waals surface area contributed by atoms with Gasteiger partial charge < -0.3 is 31.5 Å². The molecule has 0 bridgehead atoms. The van der Waals surface area contributed by atoms with Crippen LogP contribution in [0.25, 0.3) is 42.8 Å². The number of aryl methyl sites for hydroxylation is 1. The van der Waals surface area contributed by atoms with Crippen molar-refractivity contribution in [3.63, 3.8) is 0 Å². The fraction of sp³-hybridized carbons (Fsp3) is 0.286. The van der Waals surface area contributed by atoms with Gasteiger partial charge in [-0.3, -0.25) is 0 Å². The molecule has 0 aliphatic heterocycles. The predicted molar refractivity (Wildman–Crippen MR) is 182 cm³/mol. The number of hydrogen-bond acceptors (Lipinski definition) is 7. The topological polar surface area (TPSA) is 148 Å². The number of carbonyl (C=O) groups excluding carboxylic acids is 1. The minimum atomic E-state index is -0.417. The van der Waals surface area contributed by atoms with E-state index in [-0.39, 0.29) is 12.0 Å². The summed E-state index contributed by atoms with van der Waals surface area (Å²) in [5.74, 6) is 2.06. The summed E-state index contributed by atoms with van der Waals surface area (Å²) in [7, 11) is 1.36. The summed E-state index contributed by atoms with van der Waals surface area (Å²) in [6.07, 6.45) is 5.63. The number of rotatable bonds is 13. The Morgan fingerprint density at radius 2 is 1.87 bits per heavy atom. The van der Waals surface area contributed by atoms with E-state index in [1.807, 2.05) is 24.4 Å². The quantitative estimate of drug-likeness (QED) is 0.0874. The Hall–Kier alpha value is -4.51. The third kappa shape index (κ3) is 7.09. The maximum atomic E-state index is 11.2. The van der Waals surface area contributed by atoms with Gasteiger partial charge in [-0.05, 0) is 73.0 Å². The number of alkyl carbamates (subject to hydrolysis) is 1. The normalized spacial score (nSPS) is 12.9. The standard InChI is InChI=1S/C35H39N7O2S/c1-44-35(43)38-18-6-10-32-39-21-29(40-32)31-16-15-30(45-31)24-11-13-26-23(19-24)12-14-28-33(26)42-34(41-28)25(9-5-17-36)20-27(37)22-7-3-2-4-8-22/h2-4,7-8,11-16,19,21,25,27H,5-6,9-10,17-18,20,36-37H2,1H3,(H,38,43)(H,39,40)(H,41,42). The second kappa shape index (κ2) is 14.1. The van der Waals surface area contributed by atoms with E-state index in [2.05, 4.69) is 79.6 Å². The van der Waals surface area contributed by atoms with E-state index >= 15 is 0 Å². The number of nitrogens with zero attached hydrogens (tertiary/aromatic N) is 2. The molecule has 0 aliphatic rings. The first-order valence-corrected chi connectivity index (χ1v) is 16.2. The van der Waals surface area contributed by atoms with Gasteiger partial charge in [-0.15, -0.1) is 11.3 Å². The van der Waals surface area contributed by atoms with Gasteiger partial charge in [0.15, 0.2) is 0 Å². The van der Waals surface area contributed by atoms with Crippen molar-refractivity contribution in [3.05, 3.63) is 96.2 Å². The summed E-state index contributed by atoms with van der Waals surface area (Å²) in [6.45, 7) is 1.18. The monoisotopic (exact) mass is 621 g/mol. The lowest BCUT2D eigenvalue weighted by Crippen LogP contribution is -2.24. The van der Waals surface area contributed by atoms with E-state index in [0.29, 0.717) is 13.1 Å². The van der Waals surface area contributed by atoms with Crippen molar-refractivity contribution in [3.8, 4) is 21.0 Å². The number of ether oxygens (including phenoxy) is 1. The van der Waals surface area contributed by atoms with Crippen LogP contribution in [0.4, 0.5) is 4.79 Å². The fourth-order valence-corrected chi connectivity index (χ4v) is 6.78. The van der Waals surface area contributed by atoms with E-state index in [9.17, 15) is 4.79 Å². The highest BCUT2D eigenvalue weighted by Gasteiger charge is 2.21. The molecule has 3 heterocycles. The highest BCUT2D eigenvalue weighted by Crippen LogP contribution is 2.37. The lowest BCUT2D eigenvalue weighted by molar-refractivity contribution is 0.171. The molecule has 6 rings (SSSR count). The summed E-state index contributed by atoms with van der Waals surface area (Å²) in [5.41, 5.74) is 17.9. The number of aromatic nitrogens is 4. The molecule has 3 aromatic heterocycles. The van der Waals surface area contributed by atoms with Crippen molar-refractivity contribution in [1.82, 2.24) is 25.3 Å². The van der Waals surface area contributed by atoms with Crippen molar-refractivity contribution in [2.24, 2.45) is 11.5 Å². The molecule has 0 aliphatic carbocycles. The number of methoxy groups -OCH3 is 1. The van der Waals surface area contributed by atoms with Gasteiger partial charge in [0.25, 0.3) is 0 Å². The molecular formula is C35H39N7O2S. The van der Waals surface area contributed by atoms with E-state index in [0.717, 1.165) is 87.3 Å². The SMILES string of the molecule is COC(=O)NCCCc1ncc(-c2ccc(-c3ccc4c(ccc5[nH]c(C(CCCN)CC(N)c6ccccc6)nc54)c3)s2)[nH]1. The molecule has 2 atom stereocenters. The average Bonchev–Trinajstić information content (AvgIpc) is 3.85. The largest absolute Gasteiger partial charge is 0.453 e. The Balaban J connectivity index is 1.19. The zero-order chi connectivity index (χ0) is 31.2. The molecule has 9 nitrogen and oxygen atoms in total. The molecule has 3 aromatic carbocycles. The van der Waals surface area contributed by atoms with E-state index in [1.54, 1.807) is 11.3 Å². The molecule has 1 amide bonds. The molecule has 0 saturated carbocycles. The van der Waals surface area contributed by atoms with Crippen LogP contribution >= 0.6 is 11.3 Å². The molecule has 0 radical (unpaired) electrons. The highest BCUT2D eigenvalue weighted by molar-refractivity contribution is 7.18. The van der Waals surface area contributed by atoms with Crippen LogP contribution in [0.5, 0.6) is 0 Å². The molecule has 232 valence electrons. The lowest BCUT2D eigenvalue weighted by Gasteiger charge is -2.19. The summed E-state index contributed by atoms with van der Waals surface area (Å²) < 4.78 is 4.61. The van der Waals surface area contributed by atoms with Gasteiger partial charge in [0.2, 0.25) is 0 Å². The summed E-state index contributed by atoms with van der Waals surface area (Å²) in [6, 6.07) is 25.4. The molecule has 6 aromatic rings. The van der Waals surface area contributed by atoms with Gasteiger partial charge >= 0.3 is 6.09 Å². The molecule has 0 spiro atoms. The van der Waals surface area contributed by atoms with Crippen LogP contribution in [0.2, 0.25) is 0 Å². The second-order valence-corrected chi connectivity index (χ2v) is 12.4. The van der Waals surface area contributed by atoms with Crippen LogP contribution in [0.15, 0.2) is 79.0 Å². The third-order valence-corrected chi connectivity index (χ3v) is 9.39. The maximum Gasteiger partial charge on any atom is 0.406 e. The summed E-state index contributed by atoms with van der Waals surface area (Å²) in [4.78, 5) is 30.2. The average molecular weight is 622 g/mol. The van der Waals surface area contributed by atoms with E-state index in [4.69, 9.17) is 16.5 Å². The van der Waals surface area contributed by atoms with Crippen LogP contribution in [0.1, 0.15) is 54.9 Å². The number of aromatic amines is 2. The zero-order valence-corrected chi connectivity index (χ0v) is 26.2. The van der Waals surface area contributed by atoms with Crippen molar-refractivity contribution >= 4 is 39.2 Å². The van der Waals surface area contributed by atoms with Crippen LogP contribution in [0.3, 0.4) is 0 Å². The van der Waals surface area contributed by atoms with Gasteiger partial charge in [-0.2, -0.15) is 0 Å². The van der Waals surface area contributed by atoms with Crippen LogP contribution in [-0.4, -0.2) is 46.2 Å². The number of thiophene rings is 1. The Labute approximate surface area is 266 Å². The van der Waals surface area contributed by atoms with Crippen LogP contribution in [-0.2, 0) is 11.2 Å². The number of fused-ring (bicyclic) bond motifs is 3. The van der Waals surface area contributed by atoms with Gasteiger partial charge in [0.1, 0.15) is 11.6 Å². The highest BCUT2D eigenvalue weighted by atomic mass is 32.1. The van der Waals surface area contributed by atoms with Gasteiger partial charge in [0, 0.05) is 35.2 Å². The molecule has 0 fully saturated rings. The Morgan fingerprint density at radius 3 is 2.69 bits per heavy atom. The predicted octanol–water partition coefficient (Wildman–Crippen LogP) is 7.04. The van der Waals surface area contributed by atoms with Crippen molar-refractivity contribution < 1.29 is 9.53 Å². The van der Waals surface area contributed by atoms with Gasteiger partial charge in [-0.1, -0.05) is 48.5 Å². The first-order valence-electron chi connectivity index (χ1n) is 15.4. The lowest BCUT2D eigenvalue weighted by atomic mass is 9.91. The minimum absolute atomic E-state index is 0.0687. The zero-order valence-electron chi connectivity index (χ0n) is 25.4. The molecule has 0 saturated heterocycles. The van der Waals surface area contributed by atoms with Crippen molar-refractivity contribution in [2.45, 2.75) is 44.1 Å². The minimum Gasteiger partial charge on any atom is -0.453 e. The van der Waals surface area contributed by atoms with Gasteiger partial charge in [0.05, 0.1) is 34.9 Å². The maximum absolute atomic E-state index is 11.2. The molecule has 45 heavy (non-hydrogen) atoms. The first-order chi connectivity index (χ1) is 22.0. The number of benzene rings is 3. The van der Waals surface area contributed by atoms with E-state index < -0.39 is 6.09 Å². The van der Waals surface area contributed by atoms with Crippen LogP contribution < -0.4 is 16.8 Å². The Kier molecular flexibility index (Phi) is 9.54. The molecular weight excluding hydrogens is 582 g/mol. The number of amides is 1. The number of H-pyrrole nitrogens is 2. The summed E-state index contributed by atoms with van der Waals surface area (Å²) in [5, 5.41) is 4.97. The van der Waals surface area contributed by atoms with E-state index in [1.165, 1.54) is 12.0 Å². The Morgan fingerprint density at radius 1 is 1.02 bits per heavy atom. The summed E-state index contributed by atoms with van der Waals surface area (Å²) >= 11 is 1.73. The molecule has 2 unspecified atom stereocenters. The number of hydrogen-bond donors (Lipinski definition) is 5. The third-order valence-electron chi connectivity index (χ3n) is 8.23. The first kappa shape index (κ1) is 30.5. The molecule has 10 heteroatoms. The fourth-order valence-electron chi connectivity index (χ4n) is 5.81. The Bertz CT molecular complexity index is 1880. The number of nitrogens with one attached hydrogen (secondary N) is 3. The van der Waals surface area contributed by atoms with Crippen molar-refractivity contribution in [1.29, 1.82) is 0 Å². The number of carbonyl (C=O) groups is 1.